The van der Waals surface area contributed by atoms with E-state index in [4.69, 9.17) is 19.3 Å². The van der Waals surface area contributed by atoms with Gasteiger partial charge in [0.25, 0.3) is 0 Å². The average molecular weight is 520 g/mol. The first-order chi connectivity index (χ1) is 18.3. The third-order valence-electron chi connectivity index (χ3n) is 8.19. The van der Waals surface area contributed by atoms with Crippen LogP contribution in [0.5, 0.6) is 11.6 Å². The fraction of sp³-hybridized carbons (Fsp3) is 0.400. The minimum Gasteiger partial charge on any atom is -0.491 e. The molecule has 1 heterocycles. The first-order valence-electron chi connectivity index (χ1n) is 12.9. The zero-order valence-corrected chi connectivity index (χ0v) is 21.5. The quantitative estimate of drug-likeness (QED) is 0.388. The van der Waals surface area contributed by atoms with Crippen molar-refractivity contribution >= 4 is 5.97 Å². The predicted octanol–water partition coefficient (Wildman–Crippen LogP) is 4.19. The summed E-state index contributed by atoms with van der Waals surface area (Å²) in [7, 11) is 0. The molecule has 2 fully saturated rings. The van der Waals surface area contributed by atoms with Crippen LogP contribution in [0.15, 0.2) is 42.6 Å². The van der Waals surface area contributed by atoms with Gasteiger partial charge < -0.3 is 24.4 Å². The molecule has 0 saturated heterocycles. The van der Waals surface area contributed by atoms with Crippen molar-refractivity contribution in [3.63, 3.8) is 0 Å². The van der Waals surface area contributed by atoms with E-state index in [9.17, 15) is 14.3 Å². The van der Waals surface area contributed by atoms with E-state index < -0.39 is 6.10 Å². The molecule has 4 aliphatic rings. The number of hydrogen-bond acceptors (Lipinski definition) is 7. The average Bonchev–Trinajstić information content (AvgIpc) is 3.69. The second kappa shape index (κ2) is 9.06. The Morgan fingerprint density at radius 2 is 1.84 bits per heavy atom. The molecule has 2 saturated carbocycles. The number of nitrogens with zero attached hydrogens (tertiary/aromatic N) is 1. The summed E-state index contributed by atoms with van der Waals surface area (Å²) in [5, 5.41) is 18.5. The van der Waals surface area contributed by atoms with Crippen molar-refractivity contribution < 1.29 is 33.6 Å². The molecule has 5 atom stereocenters. The second-order valence-electron chi connectivity index (χ2n) is 10.5. The van der Waals surface area contributed by atoms with Crippen LogP contribution in [0.3, 0.4) is 0 Å². The maximum atomic E-state index is 14.8. The van der Waals surface area contributed by atoms with Gasteiger partial charge in [-0.2, -0.15) is 0 Å². The number of ether oxygens (including phenoxy) is 3. The maximum Gasteiger partial charge on any atom is 0.313 e. The van der Waals surface area contributed by atoms with Crippen molar-refractivity contribution in [1.29, 1.82) is 0 Å². The molecule has 198 valence electrons. The molecule has 0 spiro atoms. The van der Waals surface area contributed by atoms with E-state index in [-0.39, 0.29) is 48.9 Å². The summed E-state index contributed by atoms with van der Waals surface area (Å²) in [5.41, 5.74) is 5.95. The number of rotatable bonds is 10. The highest BCUT2D eigenvalue weighted by molar-refractivity contribution is 5.95. The number of carbonyl (C=O) groups is 1. The van der Waals surface area contributed by atoms with Gasteiger partial charge in [0.15, 0.2) is 0 Å². The number of aromatic nitrogens is 1. The fourth-order valence-electron chi connectivity index (χ4n) is 6.45. The summed E-state index contributed by atoms with van der Waals surface area (Å²) >= 11 is 0. The highest BCUT2D eigenvalue weighted by atomic mass is 19.1. The van der Waals surface area contributed by atoms with E-state index in [0.717, 1.165) is 33.4 Å². The molecule has 2 N–H and O–H groups in total. The van der Waals surface area contributed by atoms with Gasteiger partial charge in [0, 0.05) is 29.7 Å². The molecule has 5 unspecified atom stereocenters. The Hall–Kier alpha value is -3.49. The number of carbonyl (C=O) groups excluding carboxylic acids is 1. The van der Waals surface area contributed by atoms with Crippen LogP contribution in [0.25, 0.3) is 11.1 Å². The molecule has 2 bridgehead atoms. The molecule has 0 aliphatic heterocycles. The summed E-state index contributed by atoms with van der Waals surface area (Å²) in [6.45, 7) is 5.74. The number of aliphatic hydroxyl groups excluding tert-OH is 2. The lowest BCUT2D eigenvalue weighted by Gasteiger charge is -2.16. The molecule has 38 heavy (non-hydrogen) atoms. The summed E-state index contributed by atoms with van der Waals surface area (Å²) in [5.74, 6) is 1.29. The molecular formula is C30H30FNO6. The number of aliphatic hydroxyl groups is 2. The Labute approximate surface area is 220 Å². The summed E-state index contributed by atoms with van der Waals surface area (Å²) < 4.78 is 31.6. The number of halogens is 1. The van der Waals surface area contributed by atoms with Gasteiger partial charge in [0.05, 0.1) is 18.6 Å². The Kier molecular flexibility index (Phi) is 5.92. The van der Waals surface area contributed by atoms with Crippen molar-refractivity contribution in [2.45, 2.75) is 45.3 Å². The van der Waals surface area contributed by atoms with Crippen molar-refractivity contribution in [2.75, 3.05) is 19.8 Å². The third kappa shape index (κ3) is 3.69. The molecule has 2 aromatic carbocycles. The van der Waals surface area contributed by atoms with Crippen LogP contribution < -0.4 is 9.47 Å². The predicted molar refractivity (Wildman–Crippen MR) is 137 cm³/mol. The van der Waals surface area contributed by atoms with Gasteiger partial charge in [-0.05, 0) is 84.3 Å². The van der Waals surface area contributed by atoms with Crippen LogP contribution in [0, 0.1) is 31.0 Å². The molecule has 3 aromatic rings. The normalized spacial score (nSPS) is 24.3. The first-order valence-corrected chi connectivity index (χ1v) is 12.9. The Morgan fingerprint density at radius 1 is 1.11 bits per heavy atom. The maximum absolute atomic E-state index is 14.8. The van der Waals surface area contributed by atoms with Gasteiger partial charge in [0.1, 0.15) is 30.9 Å². The molecule has 0 amide bonds. The van der Waals surface area contributed by atoms with Crippen molar-refractivity contribution in [3.05, 3.63) is 76.2 Å². The van der Waals surface area contributed by atoms with Crippen LogP contribution in [0.1, 0.15) is 46.6 Å². The molecule has 0 radical (unpaired) electrons. The van der Waals surface area contributed by atoms with Crippen LogP contribution in [-0.4, -0.2) is 47.1 Å². The van der Waals surface area contributed by atoms with Crippen LogP contribution in [0.2, 0.25) is 0 Å². The Bertz CT molecular complexity index is 1420. The standard InChI is InChI=1S/C30H30FNO6/c1-4-36-29(35)30-26-21-10-24(32-11-22(21)27(30)28(26)30)38-13-18-9-17(5-6-23(18)31)25-15(2)7-20(8-16(25)3)37-14-19(34)12-33/h5-11,19,26-28,33-34H,4,12-14H2,1-3H3. The van der Waals surface area contributed by atoms with Gasteiger partial charge in [-0.3, -0.25) is 4.79 Å². The molecule has 7 rings (SSSR count). The van der Waals surface area contributed by atoms with E-state index in [0.29, 0.717) is 29.7 Å². The highest BCUT2D eigenvalue weighted by Gasteiger charge is 2.95. The van der Waals surface area contributed by atoms with Gasteiger partial charge in [0.2, 0.25) is 5.88 Å². The van der Waals surface area contributed by atoms with Gasteiger partial charge in [-0.25, -0.2) is 9.37 Å². The number of esters is 1. The second-order valence-corrected chi connectivity index (χ2v) is 10.5. The minimum atomic E-state index is -0.944. The van der Waals surface area contributed by atoms with Crippen molar-refractivity contribution in [2.24, 2.45) is 11.3 Å². The SMILES string of the molecule is CCOC(=O)C12C3c4cnc(OCc5cc(-c6c(C)cc(OCC(O)CO)cc6C)ccc5F)cc4C1C32. The third-order valence-corrected chi connectivity index (χ3v) is 8.19. The van der Waals surface area contributed by atoms with Crippen LogP contribution in [-0.2, 0) is 16.1 Å². The van der Waals surface area contributed by atoms with E-state index in [1.807, 2.05) is 39.0 Å². The monoisotopic (exact) mass is 519 g/mol. The molecule has 7 nitrogen and oxygen atoms in total. The van der Waals surface area contributed by atoms with Gasteiger partial charge >= 0.3 is 5.97 Å². The minimum absolute atomic E-state index is 0.00460. The van der Waals surface area contributed by atoms with Gasteiger partial charge in [-0.1, -0.05) is 6.07 Å². The van der Waals surface area contributed by atoms with E-state index >= 15 is 0 Å². The largest absolute Gasteiger partial charge is 0.491 e. The van der Waals surface area contributed by atoms with Crippen molar-refractivity contribution in [3.8, 4) is 22.8 Å². The first kappa shape index (κ1) is 24.8. The molecule has 1 aromatic heterocycles. The smallest absolute Gasteiger partial charge is 0.313 e. The number of pyridine rings is 1. The summed E-state index contributed by atoms with van der Waals surface area (Å²) in [4.78, 5) is 16.9. The topological polar surface area (TPSA) is 98.1 Å². The zero-order chi connectivity index (χ0) is 26.8. The highest BCUT2D eigenvalue weighted by Crippen LogP contribution is 2.97. The number of benzene rings is 2. The molecule has 4 aliphatic carbocycles. The molecular weight excluding hydrogens is 489 g/mol. The van der Waals surface area contributed by atoms with E-state index in [1.54, 1.807) is 18.3 Å². The zero-order valence-electron chi connectivity index (χ0n) is 21.5. The lowest BCUT2D eigenvalue weighted by Crippen LogP contribution is -2.21. The molecule has 8 heteroatoms. The number of hydrogen-bond donors (Lipinski definition) is 2. The van der Waals surface area contributed by atoms with E-state index in [1.165, 1.54) is 6.07 Å². The summed E-state index contributed by atoms with van der Waals surface area (Å²) in [6.07, 6.45) is 0.847. The van der Waals surface area contributed by atoms with Crippen LogP contribution in [0.4, 0.5) is 4.39 Å². The summed E-state index contributed by atoms with van der Waals surface area (Å²) in [6, 6.07) is 10.6. The Morgan fingerprint density at radius 3 is 2.55 bits per heavy atom. The van der Waals surface area contributed by atoms with E-state index in [2.05, 4.69) is 4.98 Å². The number of aryl methyl sites for hydroxylation is 2. The lowest BCUT2D eigenvalue weighted by molar-refractivity contribution is -0.147. The van der Waals surface area contributed by atoms with Crippen LogP contribution >= 0.6 is 0 Å². The lowest BCUT2D eigenvalue weighted by atomic mass is 9.94. The Balaban J connectivity index is 1.17. The van der Waals surface area contributed by atoms with Crippen molar-refractivity contribution in [1.82, 2.24) is 4.98 Å². The van der Waals surface area contributed by atoms with Gasteiger partial charge in [-0.15, -0.1) is 0 Å². The fourth-order valence-corrected chi connectivity index (χ4v) is 6.45.